The molecular formula is C23H18O5S. The highest BCUT2D eigenvalue weighted by Gasteiger charge is 2.13. The van der Waals surface area contributed by atoms with Crippen LogP contribution in [0.2, 0.25) is 0 Å². The van der Waals surface area contributed by atoms with Gasteiger partial charge in [-0.3, -0.25) is 4.79 Å². The molecule has 6 heteroatoms. The van der Waals surface area contributed by atoms with Crippen LogP contribution in [-0.4, -0.2) is 12.2 Å². The molecular weight excluding hydrogens is 388 g/mol. The summed E-state index contributed by atoms with van der Waals surface area (Å²) in [5, 5.41) is 10.9. The molecule has 0 radical (unpaired) electrons. The number of hydrogen-bond acceptors (Lipinski definition) is 6. The highest BCUT2D eigenvalue weighted by molar-refractivity contribution is 7.99. The van der Waals surface area contributed by atoms with Gasteiger partial charge >= 0.3 is 0 Å². The third-order valence-corrected chi connectivity index (χ3v) is 5.20. The summed E-state index contributed by atoms with van der Waals surface area (Å²) in [4.78, 5) is 13.4. The molecule has 0 saturated heterocycles. The molecule has 0 saturated carbocycles. The molecule has 1 aromatic heterocycles. The zero-order valence-corrected chi connectivity index (χ0v) is 16.4. The number of rotatable bonds is 6. The van der Waals surface area contributed by atoms with Crippen molar-refractivity contribution in [3.8, 4) is 17.2 Å². The molecule has 3 aromatic carbocycles. The van der Waals surface area contributed by atoms with Crippen LogP contribution in [-0.2, 0) is 6.61 Å². The van der Waals surface area contributed by atoms with Crippen LogP contribution in [0.25, 0.3) is 11.0 Å². The van der Waals surface area contributed by atoms with Crippen LogP contribution >= 0.6 is 11.8 Å². The average Bonchev–Trinajstić information content (AvgIpc) is 2.73. The van der Waals surface area contributed by atoms with Crippen molar-refractivity contribution in [1.29, 1.82) is 0 Å². The largest absolute Gasteiger partial charge is 0.507 e. The summed E-state index contributed by atoms with van der Waals surface area (Å²) >= 11 is 1.34. The smallest absolute Gasteiger partial charge is 0.197 e. The predicted octanol–water partition coefficient (Wildman–Crippen LogP) is 5.24. The van der Waals surface area contributed by atoms with Crippen LogP contribution in [0.4, 0.5) is 0 Å². The van der Waals surface area contributed by atoms with Crippen molar-refractivity contribution in [2.24, 2.45) is 0 Å². The van der Waals surface area contributed by atoms with E-state index in [0.29, 0.717) is 17.4 Å². The minimum absolute atomic E-state index is 0.138. The summed E-state index contributed by atoms with van der Waals surface area (Å²) in [6, 6.07) is 21.5. The predicted molar refractivity (Wildman–Crippen MR) is 112 cm³/mol. The van der Waals surface area contributed by atoms with Crippen LogP contribution < -0.4 is 14.9 Å². The Labute approximate surface area is 171 Å². The number of phenols is 1. The Bertz CT molecular complexity index is 1180. The second-order valence-electron chi connectivity index (χ2n) is 6.30. The van der Waals surface area contributed by atoms with Crippen molar-refractivity contribution in [2.45, 2.75) is 16.6 Å². The number of phenolic OH excluding ortho intramolecular Hbond substituents is 1. The van der Waals surface area contributed by atoms with E-state index >= 15 is 0 Å². The lowest BCUT2D eigenvalue weighted by Crippen LogP contribution is -2.01. The van der Waals surface area contributed by atoms with Gasteiger partial charge in [-0.05, 0) is 29.8 Å². The molecule has 0 fully saturated rings. The molecule has 4 aromatic rings. The van der Waals surface area contributed by atoms with Gasteiger partial charge in [-0.2, -0.15) is 0 Å². The normalized spacial score (nSPS) is 10.8. The van der Waals surface area contributed by atoms with E-state index in [1.807, 2.05) is 54.6 Å². The van der Waals surface area contributed by atoms with Gasteiger partial charge in [0.05, 0.1) is 7.11 Å². The highest BCUT2D eigenvalue weighted by atomic mass is 32.2. The van der Waals surface area contributed by atoms with Gasteiger partial charge in [0.2, 0.25) is 0 Å². The maximum Gasteiger partial charge on any atom is 0.197 e. The van der Waals surface area contributed by atoms with Crippen LogP contribution in [0.5, 0.6) is 17.2 Å². The van der Waals surface area contributed by atoms with E-state index in [4.69, 9.17) is 13.9 Å². The van der Waals surface area contributed by atoms with E-state index in [0.717, 1.165) is 16.2 Å². The lowest BCUT2D eigenvalue weighted by Gasteiger charge is -2.10. The zero-order chi connectivity index (χ0) is 20.2. The molecule has 146 valence electrons. The van der Waals surface area contributed by atoms with Gasteiger partial charge in [0.25, 0.3) is 0 Å². The Kier molecular flexibility index (Phi) is 5.44. The summed E-state index contributed by atoms with van der Waals surface area (Å²) < 4.78 is 16.8. The fraction of sp³-hybridized carbons (Fsp3) is 0.0870. The number of aromatic hydroxyl groups is 1. The Morgan fingerprint density at radius 1 is 0.966 bits per heavy atom. The quantitative estimate of drug-likeness (QED) is 0.472. The molecule has 0 aliphatic carbocycles. The van der Waals surface area contributed by atoms with E-state index in [1.54, 1.807) is 13.2 Å². The summed E-state index contributed by atoms with van der Waals surface area (Å²) in [7, 11) is 1.61. The van der Waals surface area contributed by atoms with Gasteiger partial charge in [-0.15, -0.1) is 0 Å². The van der Waals surface area contributed by atoms with E-state index < -0.39 is 0 Å². The van der Waals surface area contributed by atoms with Gasteiger partial charge in [0.1, 0.15) is 34.8 Å². The summed E-state index contributed by atoms with van der Waals surface area (Å²) in [6.45, 7) is 0.303. The monoisotopic (exact) mass is 406 g/mol. The Morgan fingerprint density at radius 2 is 1.72 bits per heavy atom. The maximum atomic E-state index is 12.5. The van der Waals surface area contributed by atoms with E-state index in [1.165, 1.54) is 23.9 Å². The molecule has 0 spiro atoms. The van der Waals surface area contributed by atoms with Gasteiger partial charge in [0.15, 0.2) is 10.5 Å². The van der Waals surface area contributed by atoms with Crippen molar-refractivity contribution in [3.63, 3.8) is 0 Å². The molecule has 29 heavy (non-hydrogen) atoms. The zero-order valence-electron chi connectivity index (χ0n) is 15.6. The first-order valence-electron chi connectivity index (χ1n) is 8.92. The van der Waals surface area contributed by atoms with Gasteiger partial charge < -0.3 is 19.0 Å². The van der Waals surface area contributed by atoms with Crippen molar-refractivity contribution in [3.05, 3.63) is 88.6 Å². The molecule has 0 atom stereocenters. The topological polar surface area (TPSA) is 68.9 Å². The molecule has 0 aliphatic rings. The SMILES string of the molecule is COc1ccc(COc2cc(O)c3c(=O)cc(Sc4ccccc4)oc3c2)cc1. The van der Waals surface area contributed by atoms with Gasteiger partial charge in [-0.25, -0.2) is 0 Å². The van der Waals surface area contributed by atoms with Crippen LogP contribution in [0.1, 0.15) is 5.56 Å². The highest BCUT2D eigenvalue weighted by Crippen LogP contribution is 2.33. The van der Waals surface area contributed by atoms with Gasteiger partial charge in [-0.1, -0.05) is 42.1 Å². The van der Waals surface area contributed by atoms with E-state index in [9.17, 15) is 9.90 Å². The van der Waals surface area contributed by atoms with Gasteiger partial charge in [0, 0.05) is 23.1 Å². The van der Waals surface area contributed by atoms with E-state index in [2.05, 4.69) is 0 Å². The van der Waals surface area contributed by atoms with Crippen molar-refractivity contribution >= 4 is 22.7 Å². The lowest BCUT2D eigenvalue weighted by atomic mass is 10.2. The average molecular weight is 406 g/mol. The first-order chi connectivity index (χ1) is 14.1. The second kappa shape index (κ2) is 8.32. The third-order valence-electron chi connectivity index (χ3n) is 4.29. The molecule has 0 aliphatic heterocycles. The van der Waals surface area contributed by atoms with Crippen LogP contribution in [0, 0.1) is 0 Å². The van der Waals surface area contributed by atoms with Crippen molar-refractivity contribution in [2.75, 3.05) is 7.11 Å². The fourth-order valence-electron chi connectivity index (χ4n) is 2.85. The van der Waals surface area contributed by atoms with Crippen molar-refractivity contribution in [1.82, 2.24) is 0 Å². The minimum Gasteiger partial charge on any atom is -0.507 e. The number of ether oxygens (including phenoxy) is 2. The standard InChI is InChI=1S/C23H18O5S/c1-26-16-9-7-15(8-10-16)14-27-17-11-19(24)23-20(25)13-22(28-21(23)12-17)29-18-5-3-2-4-6-18/h2-13,24H,14H2,1H3. The number of benzene rings is 3. The van der Waals surface area contributed by atoms with Crippen LogP contribution in [0.3, 0.4) is 0 Å². The minimum atomic E-state index is -0.302. The molecule has 0 bridgehead atoms. The molecule has 0 unspecified atom stereocenters. The Hall–Kier alpha value is -3.38. The van der Waals surface area contributed by atoms with E-state index in [-0.39, 0.29) is 22.1 Å². The maximum absolute atomic E-state index is 12.5. The fourth-order valence-corrected chi connectivity index (χ4v) is 3.67. The summed E-state index contributed by atoms with van der Waals surface area (Å²) in [6.07, 6.45) is 0. The molecule has 4 rings (SSSR count). The molecule has 0 amide bonds. The Balaban J connectivity index is 1.60. The third kappa shape index (κ3) is 4.38. The number of hydrogen-bond donors (Lipinski definition) is 1. The summed E-state index contributed by atoms with van der Waals surface area (Å²) in [5.74, 6) is 1.01. The molecule has 1 heterocycles. The lowest BCUT2D eigenvalue weighted by molar-refractivity contribution is 0.304. The van der Waals surface area contributed by atoms with Crippen molar-refractivity contribution < 1.29 is 19.0 Å². The molecule has 5 nitrogen and oxygen atoms in total. The first-order valence-corrected chi connectivity index (χ1v) is 9.73. The molecule has 1 N–H and O–H groups in total. The summed E-state index contributed by atoms with van der Waals surface area (Å²) in [5.41, 5.74) is 0.921. The number of methoxy groups -OCH3 is 1. The van der Waals surface area contributed by atoms with Crippen LogP contribution in [0.15, 0.2) is 92.0 Å². The second-order valence-corrected chi connectivity index (χ2v) is 7.37. The Morgan fingerprint density at radius 3 is 2.45 bits per heavy atom. The first kappa shape index (κ1) is 19.0. The number of fused-ring (bicyclic) bond motifs is 1.